The van der Waals surface area contributed by atoms with E-state index in [1.54, 1.807) is 25.3 Å². The third kappa shape index (κ3) is 5.76. The number of methoxy groups -OCH3 is 2. The van der Waals surface area contributed by atoms with Crippen LogP contribution in [0.5, 0.6) is 17.2 Å². The molecule has 0 unspecified atom stereocenters. The molecule has 0 saturated heterocycles. The van der Waals surface area contributed by atoms with Crippen LogP contribution in [-0.2, 0) is 0 Å². The van der Waals surface area contributed by atoms with Gasteiger partial charge in [-0.2, -0.15) is 0 Å². The third-order valence-electron chi connectivity index (χ3n) is 6.11. The molecule has 0 aliphatic rings. The molecular weight excluding hydrogens is 520 g/mol. The average molecular weight is 551 g/mol. The predicted octanol–water partition coefficient (Wildman–Crippen LogP) is 8.07. The quantitative estimate of drug-likeness (QED) is 0.0956. The molecule has 0 saturated carbocycles. The number of rotatable bonds is 13. The second-order valence-electron chi connectivity index (χ2n) is 8.51. The first-order valence-corrected chi connectivity index (χ1v) is 13.4. The molecule has 0 bridgehead atoms. The van der Waals surface area contributed by atoms with Crippen molar-refractivity contribution >= 4 is 32.7 Å². The first-order chi connectivity index (χ1) is 17.7. The van der Waals surface area contributed by atoms with Crippen LogP contribution in [0.25, 0.3) is 22.3 Å². The molecule has 0 fully saturated rings. The topological polar surface area (TPSA) is 57.9 Å². The number of alkyl halides is 1. The number of para-hydroxylation sites is 2. The molecule has 0 radical (unpaired) electrons. The van der Waals surface area contributed by atoms with Crippen molar-refractivity contribution in [2.75, 3.05) is 26.2 Å². The number of halogens is 1. The maximum absolute atomic E-state index is 13.9. The van der Waals surface area contributed by atoms with Crippen molar-refractivity contribution in [3.05, 3.63) is 77.9 Å². The Morgan fingerprint density at radius 2 is 1.64 bits per heavy atom. The monoisotopic (exact) mass is 550 g/mol. The second-order valence-corrected chi connectivity index (χ2v) is 9.30. The van der Waals surface area contributed by atoms with Crippen molar-refractivity contribution in [1.82, 2.24) is 0 Å². The molecule has 0 spiro atoms. The lowest BCUT2D eigenvalue weighted by Crippen LogP contribution is -2.06. The van der Waals surface area contributed by atoms with Gasteiger partial charge in [-0.05, 0) is 43.2 Å². The van der Waals surface area contributed by atoms with Crippen molar-refractivity contribution in [3.8, 4) is 28.6 Å². The van der Waals surface area contributed by atoms with Gasteiger partial charge in [0.05, 0.1) is 32.0 Å². The van der Waals surface area contributed by atoms with Crippen molar-refractivity contribution < 1.29 is 23.4 Å². The number of hydrogen-bond donors (Lipinski definition) is 0. The number of unbranched alkanes of at least 4 members (excludes halogenated alkanes) is 4. The van der Waals surface area contributed by atoms with Gasteiger partial charge in [-0.1, -0.05) is 71.6 Å². The lowest BCUT2D eigenvalue weighted by atomic mass is 9.96. The van der Waals surface area contributed by atoms with Crippen LogP contribution in [0.3, 0.4) is 0 Å². The maximum Gasteiger partial charge on any atom is 0.201 e. The van der Waals surface area contributed by atoms with Crippen LogP contribution >= 0.6 is 15.9 Å². The number of fused-ring (bicyclic) bond motifs is 1. The Balaban J connectivity index is 1.65. The summed E-state index contributed by atoms with van der Waals surface area (Å²) >= 11 is 3.48. The summed E-state index contributed by atoms with van der Waals surface area (Å²) in [5.41, 5.74) is 2.33. The van der Waals surface area contributed by atoms with Crippen molar-refractivity contribution in [3.63, 3.8) is 0 Å². The fourth-order valence-electron chi connectivity index (χ4n) is 4.32. The fourth-order valence-corrected chi connectivity index (χ4v) is 4.72. The van der Waals surface area contributed by atoms with Gasteiger partial charge in [0.25, 0.3) is 0 Å². The van der Waals surface area contributed by atoms with Crippen molar-refractivity contribution in [2.45, 2.75) is 32.1 Å². The molecule has 4 rings (SSSR count). The molecule has 36 heavy (non-hydrogen) atoms. The molecule has 0 N–H and O–H groups in total. The summed E-state index contributed by atoms with van der Waals surface area (Å²) in [4.78, 5) is 13.9. The third-order valence-corrected chi connectivity index (χ3v) is 6.67. The van der Waals surface area contributed by atoms with E-state index >= 15 is 0 Å². The molecule has 188 valence electrons. The molecule has 0 aliphatic carbocycles. The van der Waals surface area contributed by atoms with Crippen molar-refractivity contribution in [2.24, 2.45) is 0 Å². The Morgan fingerprint density at radius 1 is 0.861 bits per heavy atom. The summed E-state index contributed by atoms with van der Waals surface area (Å²) in [6, 6.07) is 20.6. The zero-order valence-electron chi connectivity index (χ0n) is 20.7. The largest absolute Gasteiger partial charge is 0.494 e. The van der Waals surface area contributed by atoms with Crippen LogP contribution in [0.1, 0.15) is 48.0 Å². The van der Waals surface area contributed by atoms with E-state index in [0.29, 0.717) is 40.6 Å². The van der Waals surface area contributed by atoms with Gasteiger partial charge in [0.15, 0.2) is 11.5 Å². The highest BCUT2D eigenvalue weighted by molar-refractivity contribution is 9.09. The van der Waals surface area contributed by atoms with Crippen LogP contribution in [0.15, 0.2) is 71.1 Å². The van der Waals surface area contributed by atoms with Gasteiger partial charge < -0.3 is 18.6 Å². The van der Waals surface area contributed by atoms with Gasteiger partial charge in [-0.3, -0.25) is 4.79 Å². The highest BCUT2D eigenvalue weighted by Gasteiger charge is 2.26. The SMILES string of the molecule is COc1cccc(C(=O)c2c(-c3cccc(OCCCCCCCBr)c3)oc3ccccc23)c1OC. The number of carbonyl (C=O) groups is 1. The van der Waals surface area contributed by atoms with Gasteiger partial charge in [0, 0.05) is 16.3 Å². The van der Waals surface area contributed by atoms with Gasteiger partial charge >= 0.3 is 0 Å². The van der Waals surface area contributed by atoms with Crippen LogP contribution in [0.4, 0.5) is 0 Å². The number of hydrogen-bond acceptors (Lipinski definition) is 5. The molecule has 4 aromatic rings. The average Bonchev–Trinajstić information content (AvgIpc) is 3.31. The minimum absolute atomic E-state index is 0.194. The van der Waals surface area contributed by atoms with Gasteiger partial charge in [-0.25, -0.2) is 0 Å². The molecule has 0 amide bonds. The van der Waals surface area contributed by atoms with E-state index in [4.69, 9.17) is 18.6 Å². The smallest absolute Gasteiger partial charge is 0.201 e. The molecule has 1 aromatic heterocycles. The Morgan fingerprint density at radius 3 is 2.44 bits per heavy atom. The molecule has 0 atom stereocenters. The Labute approximate surface area is 220 Å². The van der Waals surface area contributed by atoms with E-state index in [9.17, 15) is 4.79 Å². The summed E-state index contributed by atoms with van der Waals surface area (Å²) in [5.74, 6) is 1.97. The maximum atomic E-state index is 13.9. The Bertz CT molecular complexity index is 1310. The Hall–Kier alpha value is -3.25. The predicted molar refractivity (Wildman–Crippen MR) is 147 cm³/mol. The number of ether oxygens (including phenoxy) is 3. The highest BCUT2D eigenvalue weighted by atomic mass is 79.9. The lowest BCUT2D eigenvalue weighted by molar-refractivity contribution is 0.103. The van der Waals surface area contributed by atoms with E-state index < -0.39 is 0 Å². The van der Waals surface area contributed by atoms with Gasteiger partial charge in [-0.15, -0.1) is 0 Å². The highest BCUT2D eigenvalue weighted by Crippen LogP contribution is 2.39. The zero-order chi connectivity index (χ0) is 25.3. The molecular formula is C30H31BrO5. The first-order valence-electron chi connectivity index (χ1n) is 12.2. The molecule has 1 heterocycles. The normalized spacial score (nSPS) is 11.0. The van der Waals surface area contributed by atoms with E-state index in [1.165, 1.54) is 26.4 Å². The van der Waals surface area contributed by atoms with E-state index in [1.807, 2.05) is 48.5 Å². The lowest BCUT2D eigenvalue weighted by Gasteiger charge is -2.12. The van der Waals surface area contributed by atoms with E-state index in [0.717, 1.165) is 34.9 Å². The van der Waals surface area contributed by atoms with Crippen LogP contribution in [0, 0.1) is 0 Å². The number of ketones is 1. The molecule has 0 aliphatic heterocycles. The number of furan rings is 1. The number of benzene rings is 3. The number of carbonyl (C=O) groups excluding carboxylic acids is 1. The van der Waals surface area contributed by atoms with Crippen LogP contribution in [-0.4, -0.2) is 31.9 Å². The van der Waals surface area contributed by atoms with Gasteiger partial charge in [0.1, 0.15) is 17.1 Å². The Kier molecular flexibility index (Phi) is 9.06. The fraction of sp³-hybridized carbons (Fsp3) is 0.300. The molecule has 6 heteroatoms. The zero-order valence-corrected chi connectivity index (χ0v) is 22.3. The summed E-state index contributed by atoms with van der Waals surface area (Å²) in [5, 5.41) is 1.81. The van der Waals surface area contributed by atoms with Crippen molar-refractivity contribution in [1.29, 1.82) is 0 Å². The first kappa shape index (κ1) is 25.8. The second kappa shape index (κ2) is 12.6. The van der Waals surface area contributed by atoms with Crippen LogP contribution in [0.2, 0.25) is 0 Å². The summed E-state index contributed by atoms with van der Waals surface area (Å²) < 4.78 is 23.2. The summed E-state index contributed by atoms with van der Waals surface area (Å²) in [6.07, 6.45) is 5.83. The standard InChI is InChI=1S/C30H31BrO5/c1-33-26-17-11-15-24(30(26)34-2)28(32)27-23-14-6-7-16-25(23)36-29(27)21-12-10-13-22(20-21)35-19-9-5-3-4-8-18-31/h6-7,10-17,20H,3-5,8-9,18-19H2,1-2H3. The molecule has 3 aromatic carbocycles. The van der Waals surface area contributed by atoms with Gasteiger partial charge in [0.2, 0.25) is 5.78 Å². The van der Waals surface area contributed by atoms with E-state index in [-0.39, 0.29) is 5.78 Å². The minimum Gasteiger partial charge on any atom is -0.494 e. The van der Waals surface area contributed by atoms with E-state index in [2.05, 4.69) is 15.9 Å². The summed E-state index contributed by atoms with van der Waals surface area (Å²) in [7, 11) is 3.09. The van der Waals surface area contributed by atoms with Crippen LogP contribution < -0.4 is 14.2 Å². The summed E-state index contributed by atoms with van der Waals surface area (Å²) in [6.45, 7) is 0.657. The minimum atomic E-state index is -0.194. The molecule has 5 nitrogen and oxygen atoms in total.